The third-order valence-corrected chi connectivity index (χ3v) is 2.99. The van der Waals surface area contributed by atoms with E-state index in [9.17, 15) is 9.59 Å². The summed E-state index contributed by atoms with van der Waals surface area (Å²) in [7, 11) is 1.53. The van der Waals surface area contributed by atoms with Gasteiger partial charge in [0.15, 0.2) is 0 Å². The second-order valence-electron chi connectivity index (χ2n) is 4.40. The molecule has 0 unspecified atom stereocenters. The summed E-state index contributed by atoms with van der Waals surface area (Å²) in [6.07, 6.45) is 3.29. The molecule has 0 aliphatic carbocycles. The first-order chi connectivity index (χ1) is 10.1. The molecule has 0 fully saturated rings. The van der Waals surface area contributed by atoms with Crippen LogP contribution >= 0.6 is 0 Å². The minimum Gasteiger partial charge on any atom is -0.478 e. The Labute approximate surface area is 122 Å². The van der Waals surface area contributed by atoms with Crippen molar-refractivity contribution in [3.63, 3.8) is 0 Å². The number of para-hydroxylation sites is 1. The van der Waals surface area contributed by atoms with Crippen molar-refractivity contribution < 1.29 is 14.7 Å². The van der Waals surface area contributed by atoms with E-state index in [0.29, 0.717) is 12.2 Å². The molecule has 0 radical (unpaired) electrons. The lowest BCUT2D eigenvalue weighted by Crippen LogP contribution is -2.37. The zero-order chi connectivity index (χ0) is 15.2. The summed E-state index contributed by atoms with van der Waals surface area (Å²) in [6.45, 7) is 0.348. The van der Waals surface area contributed by atoms with Crippen LogP contribution in [0.25, 0.3) is 0 Å². The monoisotopic (exact) mass is 285 g/mol. The van der Waals surface area contributed by atoms with Crippen LogP contribution in [-0.2, 0) is 6.54 Å². The largest absolute Gasteiger partial charge is 0.478 e. The molecule has 0 atom stereocenters. The van der Waals surface area contributed by atoms with Gasteiger partial charge in [0.25, 0.3) is 0 Å². The van der Waals surface area contributed by atoms with Gasteiger partial charge in [0, 0.05) is 26.0 Å². The Morgan fingerprint density at radius 2 is 1.86 bits per heavy atom. The normalized spacial score (nSPS) is 9.95. The van der Waals surface area contributed by atoms with Gasteiger partial charge in [-0.15, -0.1) is 0 Å². The Bertz CT molecular complexity index is 644. The lowest BCUT2D eigenvalue weighted by molar-refractivity contribution is 0.0697. The van der Waals surface area contributed by atoms with Gasteiger partial charge in [-0.3, -0.25) is 9.88 Å². The van der Waals surface area contributed by atoms with Gasteiger partial charge in [0.05, 0.1) is 11.3 Å². The average molecular weight is 285 g/mol. The van der Waals surface area contributed by atoms with Crippen LogP contribution in [0.2, 0.25) is 0 Å². The van der Waals surface area contributed by atoms with Crippen molar-refractivity contribution in [1.29, 1.82) is 0 Å². The van der Waals surface area contributed by atoms with Crippen LogP contribution in [0.15, 0.2) is 48.8 Å². The molecule has 0 saturated carbocycles. The van der Waals surface area contributed by atoms with Crippen molar-refractivity contribution >= 4 is 17.7 Å². The molecular formula is C15H15N3O3. The lowest BCUT2D eigenvalue weighted by atomic mass is 10.1. The van der Waals surface area contributed by atoms with E-state index in [2.05, 4.69) is 10.3 Å². The number of nitrogens with zero attached hydrogens (tertiary/aromatic N) is 2. The maximum Gasteiger partial charge on any atom is 0.337 e. The molecule has 1 aromatic carbocycles. The van der Waals surface area contributed by atoms with E-state index in [1.165, 1.54) is 18.0 Å². The number of urea groups is 1. The van der Waals surface area contributed by atoms with Crippen LogP contribution in [0.1, 0.15) is 15.9 Å². The zero-order valence-corrected chi connectivity index (χ0v) is 11.5. The van der Waals surface area contributed by atoms with Crippen molar-refractivity contribution in [2.24, 2.45) is 0 Å². The molecule has 2 amide bonds. The third kappa shape index (κ3) is 3.56. The Hall–Kier alpha value is -2.89. The van der Waals surface area contributed by atoms with Gasteiger partial charge in [-0.25, -0.2) is 9.59 Å². The van der Waals surface area contributed by atoms with E-state index in [4.69, 9.17) is 5.11 Å². The SMILES string of the molecule is CN(C(=O)NCc1ccncc1)c1ccccc1C(=O)O. The third-order valence-electron chi connectivity index (χ3n) is 2.99. The maximum absolute atomic E-state index is 12.1. The van der Waals surface area contributed by atoms with E-state index in [-0.39, 0.29) is 11.6 Å². The van der Waals surface area contributed by atoms with Gasteiger partial charge >= 0.3 is 12.0 Å². The fourth-order valence-electron chi connectivity index (χ4n) is 1.85. The number of amides is 2. The van der Waals surface area contributed by atoms with Crippen LogP contribution in [-0.4, -0.2) is 29.1 Å². The quantitative estimate of drug-likeness (QED) is 0.901. The molecule has 0 aliphatic rings. The summed E-state index contributed by atoms with van der Waals surface area (Å²) in [5, 5.41) is 11.9. The van der Waals surface area contributed by atoms with E-state index < -0.39 is 5.97 Å². The molecule has 1 heterocycles. The number of aromatic nitrogens is 1. The van der Waals surface area contributed by atoms with Crippen molar-refractivity contribution in [2.45, 2.75) is 6.54 Å². The first-order valence-corrected chi connectivity index (χ1v) is 6.32. The number of aromatic carboxylic acids is 1. The number of carbonyl (C=O) groups is 2. The molecule has 6 heteroatoms. The number of hydrogen-bond acceptors (Lipinski definition) is 3. The van der Waals surface area contributed by atoms with Crippen molar-refractivity contribution in [2.75, 3.05) is 11.9 Å². The first-order valence-electron chi connectivity index (χ1n) is 6.32. The summed E-state index contributed by atoms with van der Waals surface area (Å²) in [4.78, 5) is 28.4. The number of pyridine rings is 1. The smallest absolute Gasteiger partial charge is 0.337 e. The number of benzene rings is 1. The van der Waals surface area contributed by atoms with Gasteiger partial charge in [-0.05, 0) is 29.8 Å². The molecule has 21 heavy (non-hydrogen) atoms. The number of rotatable bonds is 4. The maximum atomic E-state index is 12.1. The number of anilines is 1. The van der Waals surface area contributed by atoms with E-state index in [0.717, 1.165) is 5.56 Å². The van der Waals surface area contributed by atoms with Crippen LogP contribution in [0, 0.1) is 0 Å². The molecule has 1 aromatic heterocycles. The summed E-state index contributed by atoms with van der Waals surface area (Å²) < 4.78 is 0. The molecule has 0 bridgehead atoms. The first kappa shape index (κ1) is 14.5. The molecule has 2 rings (SSSR count). The number of carbonyl (C=O) groups excluding carboxylic acids is 1. The summed E-state index contributed by atoms with van der Waals surface area (Å²) in [6, 6.07) is 9.58. The highest BCUT2D eigenvalue weighted by molar-refractivity contribution is 6.01. The highest BCUT2D eigenvalue weighted by Gasteiger charge is 2.17. The summed E-state index contributed by atoms with van der Waals surface area (Å²) in [5.41, 5.74) is 1.34. The topological polar surface area (TPSA) is 82.5 Å². The predicted molar refractivity (Wildman–Crippen MR) is 78.3 cm³/mol. The zero-order valence-electron chi connectivity index (χ0n) is 11.5. The van der Waals surface area contributed by atoms with Crippen LogP contribution in [0.4, 0.5) is 10.5 Å². The lowest BCUT2D eigenvalue weighted by Gasteiger charge is -2.19. The molecule has 6 nitrogen and oxygen atoms in total. The number of hydrogen-bond donors (Lipinski definition) is 2. The molecule has 0 spiro atoms. The van der Waals surface area contributed by atoms with Gasteiger partial charge in [0.1, 0.15) is 0 Å². The van der Waals surface area contributed by atoms with E-state index >= 15 is 0 Å². The van der Waals surface area contributed by atoms with E-state index in [1.807, 2.05) is 0 Å². The minimum atomic E-state index is -1.07. The Kier molecular flexibility index (Phi) is 4.50. The second-order valence-corrected chi connectivity index (χ2v) is 4.40. The molecule has 2 N–H and O–H groups in total. The van der Waals surface area contributed by atoms with E-state index in [1.54, 1.807) is 42.7 Å². The van der Waals surface area contributed by atoms with Crippen LogP contribution in [0.5, 0.6) is 0 Å². The fraction of sp³-hybridized carbons (Fsp3) is 0.133. The Morgan fingerprint density at radius 1 is 1.19 bits per heavy atom. The average Bonchev–Trinajstić information content (AvgIpc) is 2.52. The highest BCUT2D eigenvalue weighted by Crippen LogP contribution is 2.19. The Balaban J connectivity index is 2.08. The summed E-state index contributed by atoms with van der Waals surface area (Å²) >= 11 is 0. The number of nitrogens with one attached hydrogen (secondary N) is 1. The fourth-order valence-corrected chi connectivity index (χ4v) is 1.85. The van der Waals surface area contributed by atoms with Gasteiger partial charge < -0.3 is 10.4 Å². The standard InChI is InChI=1S/C15H15N3O3/c1-18(13-5-3-2-4-12(13)14(19)20)15(21)17-10-11-6-8-16-9-7-11/h2-9H,10H2,1H3,(H,17,21)(H,19,20). The van der Waals surface area contributed by atoms with Crippen LogP contribution < -0.4 is 10.2 Å². The Morgan fingerprint density at radius 3 is 2.52 bits per heavy atom. The summed E-state index contributed by atoms with van der Waals surface area (Å²) in [5.74, 6) is -1.07. The van der Waals surface area contributed by atoms with Crippen molar-refractivity contribution in [3.05, 3.63) is 59.9 Å². The van der Waals surface area contributed by atoms with Gasteiger partial charge in [-0.2, -0.15) is 0 Å². The number of carboxylic acid groups (broad SMARTS) is 1. The van der Waals surface area contributed by atoms with Crippen LogP contribution in [0.3, 0.4) is 0 Å². The predicted octanol–water partition coefficient (Wildman–Crippen LogP) is 2.13. The van der Waals surface area contributed by atoms with Gasteiger partial charge in [0.2, 0.25) is 0 Å². The molecule has 108 valence electrons. The molecule has 2 aromatic rings. The second kappa shape index (κ2) is 6.51. The molecule has 0 saturated heterocycles. The van der Waals surface area contributed by atoms with Gasteiger partial charge in [-0.1, -0.05) is 12.1 Å². The minimum absolute atomic E-state index is 0.0825. The number of carboxylic acids is 1. The van der Waals surface area contributed by atoms with Crippen molar-refractivity contribution in [1.82, 2.24) is 10.3 Å². The molecule has 0 aliphatic heterocycles. The molecular weight excluding hydrogens is 270 g/mol. The van der Waals surface area contributed by atoms with Crippen molar-refractivity contribution in [3.8, 4) is 0 Å². The highest BCUT2D eigenvalue weighted by atomic mass is 16.4.